The summed E-state index contributed by atoms with van der Waals surface area (Å²) in [7, 11) is 0. The van der Waals surface area contributed by atoms with Gasteiger partial charge in [0.25, 0.3) is 5.69 Å². The van der Waals surface area contributed by atoms with Crippen molar-refractivity contribution in [3.63, 3.8) is 0 Å². The van der Waals surface area contributed by atoms with Crippen LogP contribution >= 0.6 is 23.4 Å². The summed E-state index contributed by atoms with van der Waals surface area (Å²) in [6.07, 6.45) is 0. The lowest BCUT2D eigenvalue weighted by atomic mass is 9.86. The Labute approximate surface area is 150 Å². The van der Waals surface area contributed by atoms with E-state index in [0.717, 1.165) is 0 Å². The van der Waals surface area contributed by atoms with Crippen molar-refractivity contribution in [1.82, 2.24) is 0 Å². The number of carbonyl (C=O) groups is 1. The van der Waals surface area contributed by atoms with Crippen LogP contribution < -0.4 is 0 Å². The molecular formula is C18H18ClNO3S. The zero-order valence-corrected chi connectivity index (χ0v) is 15.3. The second kappa shape index (κ2) is 7.36. The molecule has 0 N–H and O–H groups in total. The molecule has 2 aromatic carbocycles. The maximum Gasteiger partial charge on any atom is 0.270 e. The number of hydrogen-bond acceptors (Lipinski definition) is 4. The Kier molecular flexibility index (Phi) is 5.67. The molecule has 0 spiro atoms. The SMILES string of the molecule is CC(C)(C)c1ccc(C(=O)CSc2ccc([N+](=O)[O-])cc2Cl)cc1. The van der Waals surface area contributed by atoms with Crippen molar-refractivity contribution in [3.05, 3.63) is 68.7 Å². The fourth-order valence-electron chi connectivity index (χ4n) is 2.10. The number of nitro groups is 1. The van der Waals surface area contributed by atoms with Gasteiger partial charge in [0.15, 0.2) is 5.78 Å². The van der Waals surface area contributed by atoms with Crippen molar-refractivity contribution in [3.8, 4) is 0 Å². The van der Waals surface area contributed by atoms with E-state index in [4.69, 9.17) is 11.6 Å². The Bertz CT molecular complexity index is 767. The van der Waals surface area contributed by atoms with E-state index in [1.54, 1.807) is 6.07 Å². The van der Waals surface area contributed by atoms with Crippen molar-refractivity contribution < 1.29 is 9.72 Å². The predicted octanol–water partition coefficient (Wildman–Crippen LogP) is 5.52. The summed E-state index contributed by atoms with van der Waals surface area (Å²) in [6.45, 7) is 6.36. The Hall–Kier alpha value is -1.85. The third-order valence-electron chi connectivity index (χ3n) is 3.56. The summed E-state index contributed by atoms with van der Waals surface area (Å²) in [5.74, 6) is 0.224. The summed E-state index contributed by atoms with van der Waals surface area (Å²) < 4.78 is 0. The number of rotatable bonds is 5. The van der Waals surface area contributed by atoms with Gasteiger partial charge in [-0.2, -0.15) is 0 Å². The van der Waals surface area contributed by atoms with Gasteiger partial charge < -0.3 is 0 Å². The predicted molar refractivity (Wildman–Crippen MR) is 98.3 cm³/mol. The summed E-state index contributed by atoms with van der Waals surface area (Å²) in [4.78, 5) is 23.1. The van der Waals surface area contributed by atoms with Crippen LogP contribution in [0.1, 0.15) is 36.7 Å². The first-order valence-electron chi connectivity index (χ1n) is 7.39. The van der Waals surface area contributed by atoms with Gasteiger partial charge in [0, 0.05) is 22.6 Å². The molecule has 0 aromatic heterocycles. The molecule has 0 radical (unpaired) electrons. The number of carbonyl (C=O) groups excluding carboxylic acids is 1. The molecule has 24 heavy (non-hydrogen) atoms. The number of Topliss-reactive ketones (excluding diaryl/α,β-unsaturated/α-hetero) is 1. The lowest BCUT2D eigenvalue weighted by Crippen LogP contribution is -2.11. The van der Waals surface area contributed by atoms with Crippen LogP contribution in [0.15, 0.2) is 47.4 Å². The summed E-state index contributed by atoms with van der Waals surface area (Å²) in [5.41, 5.74) is 1.80. The molecule has 0 fully saturated rings. The lowest BCUT2D eigenvalue weighted by molar-refractivity contribution is -0.384. The van der Waals surface area contributed by atoms with Crippen LogP contribution in [0.3, 0.4) is 0 Å². The van der Waals surface area contributed by atoms with Gasteiger partial charge in [0.2, 0.25) is 0 Å². The van der Waals surface area contributed by atoms with Crippen LogP contribution in [0.2, 0.25) is 5.02 Å². The fraction of sp³-hybridized carbons (Fsp3) is 0.278. The number of thioether (sulfide) groups is 1. The highest BCUT2D eigenvalue weighted by molar-refractivity contribution is 8.00. The zero-order valence-electron chi connectivity index (χ0n) is 13.7. The van der Waals surface area contributed by atoms with Gasteiger partial charge in [-0.15, -0.1) is 11.8 Å². The minimum absolute atomic E-state index is 0.00474. The molecule has 2 aromatic rings. The average Bonchev–Trinajstić information content (AvgIpc) is 2.52. The highest BCUT2D eigenvalue weighted by atomic mass is 35.5. The lowest BCUT2D eigenvalue weighted by Gasteiger charge is -2.18. The van der Waals surface area contributed by atoms with Crippen LogP contribution in [-0.2, 0) is 5.41 Å². The van der Waals surface area contributed by atoms with Gasteiger partial charge in [0.1, 0.15) is 0 Å². The molecule has 2 rings (SSSR count). The third kappa shape index (κ3) is 4.58. The monoisotopic (exact) mass is 363 g/mol. The summed E-state index contributed by atoms with van der Waals surface area (Å²) >= 11 is 7.31. The molecule has 0 bridgehead atoms. The molecule has 0 atom stereocenters. The number of benzene rings is 2. The van der Waals surface area contributed by atoms with Gasteiger partial charge in [-0.05, 0) is 17.0 Å². The molecule has 6 heteroatoms. The molecule has 126 valence electrons. The quantitative estimate of drug-likeness (QED) is 0.303. The van der Waals surface area contributed by atoms with Crippen molar-refractivity contribution in [2.24, 2.45) is 0 Å². The Morgan fingerprint density at radius 2 is 1.79 bits per heavy atom. The normalized spacial score (nSPS) is 11.3. The van der Waals surface area contributed by atoms with Crippen molar-refractivity contribution in [1.29, 1.82) is 0 Å². The molecule has 0 saturated carbocycles. The fourth-order valence-corrected chi connectivity index (χ4v) is 3.26. The molecule has 0 aliphatic carbocycles. The molecule has 0 amide bonds. The largest absolute Gasteiger partial charge is 0.293 e. The first kappa shape index (κ1) is 18.5. The molecule has 0 saturated heterocycles. The Morgan fingerprint density at radius 3 is 2.29 bits per heavy atom. The van der Waals surface area contributed by atoms with Crippen LogP contribution in [-0.4, -0.2) is 16.5 Å². The van der Waals surface area contributed by atoms with E-state index in [1.165, 1.54) is 29.5 Å². The highest BCUT2D eigenvalue weighted by Gasteiger charge is 2.15. The molecule has 0 aliphatic rings. The number of ketones is 1. The van der Waals surface area contributed by atoms with Crippen molar-refractivity contribution in [2.45, 2.75) is 31.1 Å². The average molecular weight is 364 g/mol. The first-order valence-corrected chi connectivity index (χ1v) is 8.75. The molecule has 0 unspecified atom stereocenters. The second-order valence-electron chi connectivity index (χ2n) is 6.41. The van der Waals surface area contributed by atoms with Gasteiger partial charge in [0.05, 0.1) is 15.7 Å². The maximum atomic E-state index is 12.3. The molecule has 4 nitrogen and oxygen atoms in total. The smallest absolute Gasteiger partial charge is 0.270 e. The van der Waals surface area contributed by atoms with Crippen LogP contribution in [0.4, 0.5) is 5.69 Å². The Balaban J connectivity index is 2.04. The topological polar surface area (TPSA) is 60.2 Å². The van der Waals surface area contributed by atoms with E-state index in [0.29, 0.717) is 10.5 Å². The number of nitrogens with zero attached hydrogens (tertiary/aromatic N) is 1. The van der Waals surface area contributed by atoms with Gasteiger partial charge in [-0.1, -0.05) is 56.6 Å². The van der Waals surface area contributed by atoms with Crippen molar-refractivity contribution >= 4 is 34.8 Å². The number of non-ortho nitro benzene ring substituents is 1. The van der Waals surface area contributed by atoms with E-state index in [2.05, 4.69) is 20.8 Å². The van der Waals surface area contributed by atoms with E-state index in [9.17, 15) is 14.9 Å². The highest BCUT2D eigenvalue weighted by Crippen LogP contribution is 2.31. The van der Waals surface area contributed by atoms with Gasteiger partial charge >= 0.3 is 0 Å². The maximum absolute atomic E-state index is 12.3. The van der Waals surface area contributed by atoms with E-state index >= 15 is 0 Å². The number of hydrogen-bond donors (Lipinski definition) is 0. The molecule has 0 aliphatic heterocycles. The third-order valence-corrected chi connectivity index (χ3v) is 5.06. The van der Waals surface area contributed by atoms with Crippen molar-refractivity contribution in [2.75, 3.05) is 5.75 Å². The standard InChI is InChI=1S/C18H18ClNO3S/c1-18(2,3)13-6-4-12(5-7-13)16(21)11-24-17-9-8-14(20(22)23)10-15(17)19/h4-10H,11H2,1-3H3. The Morgan fingerprint density at radius 1 is 1.17 bits per heavy atom. The van der Waals surface area contributed by atoms with E-state index < -0.39 is 4.92 Å². The second-order valence-corrected chi connectivity index (χ2v) is 7.84. The van der Waals surface area contributed by atoms with E-state index in [-0.39, 0.29) is 27.7 Å². The summed E-state index contributed by atoms with van der Waals surface area (Å²) in [5, 5.41) is 11.0. The van der Waals surface area contributed by atoms with Crippen LogP contribution in [0, 0.1) is 10.1 Å². The molecule has 0 heterocycles. The minimum Gasteiger partial charge on any atom is -0.293 e. The molecular weight excluding hydrogens is 346 g/mol. The first-order chi connectivity index (χ1) is 11.2. The van der Waals surface area contributed by atoms with E-state index in [1.807, 2.05) is 24.3 Å². The van der Waals surface area contributed by atoms with Crippen LogP contribution in [0.25, 0.3) is 0 Å². The number of nitro benzene ring substituents is 1. The summed E-state index contributed by atoms with van der Waals surface area (Å²) in [6, 6.07) is 11.9. The number of halogens is 1. The minimum atomic E-state index is -0.498. The zero-order chi connectivity index (χ0) is 17.9. The van der Waals surface area contributed by atoms with Crippen LogP contribution in [0.5, 0.6) is 0 Å². The van der Waals surface area contributed by atoms with Gasteiger partial charge in [-0.3, -0.25) is 14.9 Å². The van der Waals surface area contributed by atoms with Gasteiger partial charge in [-0.25, -0.2) is 0 Å².